The fraction of sp³-hybridized carbons (Fsp3) is 0.364. The molecule has 0 amide bonds. The number of phenolic OH excluding ortho intramolecular Hbond substituents is 1. The highest BCUT2D eigenvalue weighted by Gasteiger charge is 2.51. The lowest BCUT2D eigenvalue weighted by molar-refractivity contribution is -0.140. The van der Waals surface area contributed by atoms with Crippen molar-refractivity contribution in [2.24, 2.45) is 0 Å². The first-order valence-corrected chi connectivity index (χ1v) is 4.60. The minimum atomic E-state index is -0.761. The number of hydrogen-bond acceptors (Lipinski definition) is 2. The Bertz CT molecular complexity index is 392. The van der Waals surface area contributed by atoms with Crippen LogP contribution in [0.25, 0.3) is 0 Å². The average molecular weight is 192 g/mol. The van der Waals surface area contributed by atoms with E-state index in [0.29, 0.717) is 12.8 Å². The lowest BCUT2D eigenvalue weighted by atomic mass is 9.94. The van der Waals surface area contributed by atoms with Crippen LogP contribution in [0.2, 0.25) is 0 Å². The molecule has 1 saturated carbocycles. The van der Waals surface area contributed by atoms with Gasteiger partial charge in [0.1, 0.15) is 5.75 Å². The minimum Gasteiger partial charge on any atom is -0.508 e. The summed E-state index contributed by atoms with van der Waals surface area (Å²) >= 11 is 0. The Kier molecular flexibility index (Phi) is 1.77. The van der Waals surface area contributed by atoms with Gasteiger partial charge in [0.15, 0.2) is 0 Å². The molecule has 0 spiro atoms. The SMILES string of the molecule is Cc1cc(C2(C(=O)O)CC2)ccc1O. The van der Waals surface area contributed by atoms with E-state index in [2.05, 4.69) is 0 Å². The number of phenols is 1. The summed E-state index contributed by atoms with van der Waals surface area (Å²) in [4.78, 5) is 11.0. The predicted octanol–water partition coefficient (Wildman–Crippen LogP) is 1.82. The summed E-state index contributed by atoms with van der Waals surface area (Å²) < 4.78 is 0. The monoisotopic (exact) mass is 192 g/mol. The first-order valence-electron chi connectivity index (χ1n) is 4.60. The van der Waals surface area contributed by atoms with Gasteiger partial charge in [0, 0.05) is 0 Å². The quantitative estimate of drug-likeness (QED) is 0.751. The van der Waals surface area contributed by atoms with Crippen molar-refractivity contribution in [3.05, 3.63) is 29.3 Å². The van der Waals surface area contributed by atoms with Gasteiger partial charge in [-0.05, 0) is 37.0 Å². The fourth-order valence-electron chi connectivity index (χ4n) is 1.70. The van der Waals surface area contributed by atoms with E-state index >= 15 is 0 Å². The third-order valence-corrected chi connectivity index (χ3v) is 2.91. The zero-order chi connectivity index (χ0) is 10.3. The van der Waals surface area contributed by atoms with Crippen molar-refractivity contribution >= 4 is 5.97 Å². The van der Waals surface area contributed by atoms with E-state index in [-0.39, 0.29) is 5.75 Å². The van der Waals surface area contributed by atoms with Gasteiger partial charge in [-0.2, -0.15) is 0 Å². The van der Waals surface area contributed by atoms with Gasteiger partial charge in [-0.25, -0.2) is 0 Å². The number of aromatic hydroxyl groups is 1. The van der Waals surface area contributed by atoms with Crippen LogP contribution in [-0.4, -0.2) is 16.2 Å². The van der Waals surface area contributed by atoms with Crippen molar-refractivity contribution in [2.45, 2.75) is 25.2 Å². The predicted molar refractivity (Wildman–Crippen MR) is 51.4 cm³/mol. The summed E-state index contributed by atoms with van der Waals surface area (Å²) in [5.41, 5.74) is 0.869. The number of aliphatic carboxylic acids is 1. The molecule has 2 N–H and O–H groups in total. The van der Waals surface area contributed by atoms with Crippen LogP contribution in [0, 0.1) is 6.92 Å². The van der Waals surface area contributed by atoms with Crippen LogP contribution >= 0.6 is 0 Å². The molecular formula is C11H12O3. The summed E-state index contributed by atoms with van der Waals surface area (Å²) in [7, 11) is 0. The molecule has 0 aromatic heterocycles. The molecule has 1 aromatic carbocycles. The molecule has 14 heavy (non-hydrogen) atoms. The van der Waals surface area contributed by atoms with Crippen LogP contribution in [0.4, 0.5) is 0 Å². The van der Waals surface area contributed by atoms with Crippen molar-refractivity contribution < 1.29 is 15.0 Å². The fourth-order valence-corrected chi connectivity index (χ4v) is 1.70. The summed E-state index contributed by atoms with van der Waals surface area (Å²) in [6.07, 6.45) is 1.40. The molecule has 0 radical (unpaired) electrons. The lowest BCUT2D eigenvalue weighted by Gasteiger charge is -2.11. The second-order valence-electron chi connectivity index (χ2n) is 3.89. The van der Waals surface area contributed by atoms with Gasteiger partial charge in [-0.3, -0.25) is 4.79 Å². The van der Waals surface area contributed by atoms with Crippen LogP contribution in [0.1, 0.15) is 24.0 Å². The number of benzene rings is 1. The van der Waals surface area contributed by atoms with Crippen molar-refractivity contribution in [3.63, 3.8) is 0 Å². The standard InChI is InChI=1S/C11H12O3/c1-7-6-8(2-3-9(7)12)11(4-5-11)10(13)14/h2-3,6,12H,4-5H2,1H3,(H,13,14). The third-order valence-electron chi connectivity index (χ3n) is 2.91. The molecule has 0 heterocycles. The first kappa shape index (κ1) is 9.06. The van der Waals surface area contributed by atoms with Gasteiger partial charge in [0.05, 0.1) is 5.41 Å². The molecule has 1 aromatic rings. The normalized spacial score (nSPS) is 17.8. The van der Waals surface area contributed by atoms with Crippen molar-refractivity contribution in [1.29, 1.82) is 0 Å². The maximum Gasteiger partial charge on any atom is 0.314 e. The van der Waals surface area contributed by atoms with Gasteiger partial charge in [-0.1, -0.05) is 12.1 Å². The van der Waals surface area contributed by atoms with Crippen LogP contribution in [-0.2, 0) is 10.2 Å². The number of hydrogen-bond donors (Lipinski definition) is 2. The average Bonchev–Trinajstić information content (AvgIpc) is 2.90. The molecule has 0 bridgehead atoms. The van der Waals surface area contributed by atoms with E-state index in [0.717, 1.165) is 11.1 Å². The van der Waals surface area contributed by atoms with E-state index in [1.807, 2.05) is 0 Å². The Labute approximate surface area is 82.0 Å². The maximum atomic E-state index is 11.0. The molecule has 2 rings (SSSR count). The van der Waals surface area contributed by atoms with Crippen LogP contribution in [0.3, 0.4) is 0 Å². The molecule has 1 aliphatic carbocycles. The molecule has 0 saturated heterocycles. The number of carbonyl (C=O) groups is 1. The minimum absolute atomic E-state index is 0.218. The first-order chi connectivity index (χ1) is 6.56. The van der Waals surface area contributed by atoms with Crippen molar-refractivity contribution in [2.75, 3.05) is 0 Å². The van der Waals surface area contributed by atoms with Crippen LogP contribution < -0.4 is 0 Å². The molecular weight excluding hydrogens is 180 g/mol. The maximum absolute atomic E-state index is 11.0. The largest absolute Gasteiger partial charge is 0.508 e. The number of carboxylic acid groups (broad SMARTS) is 1. The van der Waals surface area contributed by atoms with Gasteiger partial charge in [0.2, 0.25) is 0 Å². The summed E-state index contributed by atoms with van der Waals surface area (Å²) in [5.74, 6) is -0.544. The Hall–Kier alpha value is -1.51. The summed E-state index contributed by atoms with van der Waals surface area (Å²) in [6.45, 7) is 1.77. The molecule has 74 valence electrons. The van der Waals surface area contributed by atoms with Crippen molar-refractivity contribution in [1.82, 2.24) is 0 Å². The lowest BCUT2D eigenvalue weighted by Crippen LogP contribution is -2.19. The molecule has 1 fully saturated rings. The van der Waals surface area contributed by atoms with E-state index in [1.54, 1.807) is 25.1 Å². The Balaban J connectivity index is 2.43. The highest BCUT2D eigenvalue weighted by atomic mass is 16.4. The van der Waals surface area contributed by atoms with Gasteiger partial charge in [-0.15, -0.1) is 0 Å². The molecule has 3 nitrogen and oxygen atoms in total. The Morgan fingerprint density at radius 1 is 1.43 bits per heavy atom. The third kappa shape index (κ3) is 1.16. The summed E-state index contributed by atoms with van der Waals surface area (Å²) in [6, 6.07) is 5.02. The van der Waals surface area contributed by atoms with E-state index in [4.69, 9.17) is 5.11 Å². The zero-order valence-corrected chi connectivity index (χ0v) is 7.95. The highest BCUT2D eigenvalue weighted by Crippen LogP contribution is 2.48. The topological polar surface area (TPSA) is 57.5 Å². The number of carboxylic acids is 1. The van der Waals surface area contributed by atoms with E-state index in [1.165, 1.54) is 0 Å². The second kappa shape index (κ2) is 2.74. The highest BCUT2D eigenvalue weighted by molar-refractivity contribution is 5.85. The summed E-state index contributed by atoms with van der Waals surface area (Å²) in [5, 5.41) is 18.4. The van der Waals surface area contributed by atoms with Crippen molar-refractivity contribution in [3.8, 4) is 5.75 Å². The number of aryl methyl sites for hydroxylation is 1. The molecule has 3 heteroatoms. The van der Waals surface area contributed by atoms with Crippen LogP contribution in [0.5, 0.6) is 5.75 Å². The molecule has 0 unspecified atom stereocenters. The Morgan fingerprint density at radius 3 is 2.50 bits per heavy atom. The molecule has 0 aliphatic heterocycles. The molecule has 0 atom stereocenters. The van der Waals surface area contributed by atoms with Gasteiger partial charge >= 0.3 is 5.97 Å². The van der Waals surface area contributed by atoms with Gasteiger partial charge in [0.25, 0.3) is 0 Å². The smallest absolute Gasteiger partial charge is 0.314 e. The van der Waals surface area contributed by atoms with E-state index in [9.17, 15) is 9.90 Å². The zero-order valence-electron chi connectivity index (χ0n) is 7.95. The molecule has 1 aliphatic rings. The van der Waals surface area contributed by atoms with Crippen LogP contribution in [0.15, 0.2) is 18.2 Å². The Morgan fingerprint density at radius 2 is 2.07 bits per heavy atom. The second-order valence-corrected chi connectivity index (χ2v) is 3.89. The van der Waals surface area contributed by atoms with E-state index < -0.39 is 11.4 Å². The van der Waals surface area contributed by atoms with Gasteiger partial charge < -0.3 is 10.2 Å². The number of rotatable bonds is 2.